The Hall–Kier alpha value is -0.550. The van der Waals surface area contributed by atoms with Crippen molar-refractivity contribution in [2.24, 2.45) is 5.41 Å². The van der Waals surface area contributed by atoms with E-state index in [0.29, 0.717) is 16.6 Å². The summed E-state index contributed by atoms with van der Waals surface area (Å²) in [5.41, 5.74) is 0.691. The fourth-order valence-corrected chi connectivity index (χ4v) is 3.51. The number of carbonyl (C=O) groups excluding carboxylic acids is 1. The molecule has 1 aliphatic rings. The fraction of sp³-hybridized carbons (Fsp3) is 0.500. The van der Waals surface area contributed by atoms with Crippen LogP contribution < -0.4 is 5.32 Å². The van der Waals surface area contributed by atoms with Crippen LogP contribution in [0.15, 0.2) is 22.7 Å². The molecule has 0 spiro atoms. The Morgan fingerprint density at radius 2 is 2.05 bits per heavy atom. The van der Waals surface area contributed by atoms with Gasteiger partial charge in [-0.3, -0.25) is 4.79 Å². The van der Waals surface area contributed by atoms with Gasteiger partial charge >= 0.3 is 0 Å². The second-order valence-corrected chi connectivity index (χ2v) is 6.60. The van der Waals surface area contributed by atoms with Crippen LogP contribution in [0.4, 0.5) is 0 Å². The average Bonchev–Trinajstić information content (AvgIpc) is 2.89. The van der Waals surface area contributed by atoms with Crippen molar-refractivity contribution in [3.8, 4) is 5.75 Å². The molecule has 19 heavy (non-hydrogen) atoms. The third-order valence-corrected chi connectivity index (χ3v) is 5.64. The predicted octanol–water partition coefficient (Wildman–Crippen LogP) is 3.84. The maximum Gasteiger partial charge on any atom is 0.251 e. The molecule has 0 radical (unpaired) electrons. The molecule has 0 aliphatic heterocycles. The number of hydrogen-bond acceptors (Lipinski definition) is 2. The molecule has 1 amide bonds. The van der Waals surface area contributed by atoms with E-state index in [1.165, 1.54) is 18.9 Å². The van der Waals surface area contributed by atoms with Crippen molar-refractivity contribution in [3.05, 3.63) is 28.2 Å². The number of rotatable bonds is 4. The maximum absolute atomic E-state index is 12.1. The van der Waals surface area contributed by atoms with Crippen LogP contribution in [0.5, 0.6) is 5.75 Å². The Labute approximate surface area is 130 Å². The van der Waals surface area contributed by atoms with Crippen LogP contribution in [0.25, 0.3) is 0 Å². The van der Waals surface area contributed by atoms with Crippen LogP contribution in [-0.2, 0) is 0 Å². The van der Waals surface area contributed by atoms with Crippen molar-refractivity contribution >= 4 is 37.8 Å². The molecule has 0 heterocycles. The van der Waals surface area contributed by atoms with Gasteiger partial charge in [-0.2, -0.15) is 0 Å². The van der Waals surface area contributed by atoms with Gasteiger partial charge in [0.1, 0.15) is 5.75 Å². The first-order valence-corrected chi connectivity index (χ1v) is 8.30. The number of nitrogens with one attached hydrogen (secondary N) is 1. The van der Waals surface area contributed by atoms with E-state index in [1.54, 1.807) is 12.1 Å². The molecule has 3 nitrogen and oxygen atoms in total. The van der Waals surface area contributed by atoms with Gasteiger partial charge in [0.2, 0.25) is 0 Å². The van der Waals surface area contributed by atoms with E-state index in [1.807, 2.05) is 0 Å². The Bertz CT molecular complexity index is 471. The highest BCUT2D eigenvalue weighted by atomic mass is 79.9. The molecule has 1 saturated carbocycles. The number of amides is 1. The van der Waals surface area contributed by atoms with Crippen LogP contribution in [0.3, 0.4) is 0 Å². The summed E-state index contributed by atoms with van der Waals surface area (Å²) in [6.45, 7) is 0.688. The fourth-order valence-electron chi connectivity index (χ4n) is 2.51. The van der Waals surface area contributed by atoms with Crippen molar-refractivity contribution < 1.29 is 9.90 Å². The lowest BCUT2D eigenvalue weighted by molar-refractivity contribution is 0.0935. The van der Waals surface area contributed by atoms with Crippen LogP contribution >= 0.6 is 31.9 Å². The van der Waals surface area contributed by atoms with E-state index in [4.69, 9.17) is 0 Å². The first-order valence-electron chi connectivity index (χ1n) is 6.39. The minimum absolute atomic E-state index is 0.0868. The number of carbonyl (C=O) groups is 1. The lowest BCUT2D eigenvalue weighted by Gasteiger charge is -2.26. The molecule has 1 fully saturated rings. The van der Waals surface area contributed by atoms with Gasteiger partial charge in [-0.25, -0.2) is 0 Å². The van der Waals surface area contributed by atoms with E-state index >= 15 is 0 Å². The summed E-state index contributed by atoms with van der Waals surface area (Å²) >= 11 is 6.77. The Morgan fingerprint density at radius 3 is 2.63 bits per heavy atom. The minimum Gasteiger partial charge on any atom is -0.507 e. The van der Waals surface area contributed by atoms with Crippen LogP contribution in [0.2, 0.25) is 0 Å². The quantitative estimate of drug-likeness (QED) is 0.767. The Morgan fingerprint density at radius 1 is 1.37 bits per heavy atom. The van der Waals surface area contributed by atoms with Gasteiger partial charge in [0.15, 0.2) is 0 Å². The lowest BCUT2D eigenvalue weighted by atomic mass is 9.89. The monoisotopic (exact) mass is 389 g/mol. The molecule has 0 atom stereocenters. The van der Waals surface area contributed by atoms with Gasteiger partial charge in [0.05, 0.1) is 4.47 Å². The summed E-state index contributed by atoms with van der Waals surface area (Å²) in [6, 6.07) is 4.86. The summed E-state index contributed by atoms with van der Waals surface area (Å²) in [5.74, 6) is -0.0428. The maximum atomic E-state index is 12.1. The van der Waals surface area contributed by atoms with E-state index in [2.05, 4.69) is 37.2 Å². The molecule has 0 saturated heterocycles. The number of phenols is 1. The normalized spacial score (nSPS) is 17.4. The second-order valence-electron chi connectivity index (χ2n) is 5.19. The van der Waals surface area contributed by atoms with Crippen LogP contribution in [-0.4, -0.2) is 22.9 Å². The van der Waals surface area contributed by atoms with Crippen LogP contribution in [0.1, 0.15) is 36.0 Å². The first kappa shape index (κ1) is 14.9. The zero-order valence-corrected chi connectivity index (χ0v) is 13.8. The van der Waals surface area contributed by atoms with Crippen molar-refractivity contribution in [2.75, 3.05) is 11.9 Å². The summed E-state index contributed by atoms with van der Waals surface area (Å²) < 4.78 is 0.594. The number of aromatic hydroxyl groups is 1. The number of hydrogen-bond donors (Lipinski definition) is 2. The summed E-state index contributed by atoms with van der Waals surface area (Å²) in [6.07, 6.45) is 4.79. The molecule has 0 bridgehead atoms. The van der Waals surface area contributed by atoms with Gasteiger partial charge < -0.3 is 10.4 Å². The molecule has 5 heteroatoms. The summed E-state index contributed by atoms with van der Waals surface area (Å²) in [4.78, 5) is 12.1. The molecule has 0 unspecified atom stereocenters. The number of phenolic OH excluding ortho intramolecular Hbond substituents is 1. The Kier molecular flexibility index (Phi) is 4.90. The average molecular weight is 391 g/mol. The molecule has 104 valence electrons. The van der Waals surface area contributed by atoms with Gasteiger partial charge in [-0.15, -0.1) is 0 Å². The summed E-state index contributed by atoms with van der Waals surface area (Å²) in [7, 11) is 0. The first-order chi connectivity index (χ1) is 9.06. The predicted molar refractivity (Wildman–Crippen MR) is 82.8 cm³/mol. The molecule has 1 aromatic carbocycles. The highest BCUT2D eigenvalue weighted by Crippen LogP contribution is 2.39. The smallest absolute Gasteiger partial charge is 0.251 e. The van der Waals surface area contributed by atoms with Crippen molar-refractivity contribution in [1.29, 1.82) is 0 Å². The largest absolute Gasteiger partial charge is 0.507 e. The van der Waals surface area contributed by atoms with Gasteiger partial charge in [-0.05, 0) is 52.4 Å². The number of halogens is 2. The van der Waals surface area contributed by atoms with Gasteiger partial charge in [0, 0.05) is 17.4 Å². The third kappa shape index (κ3) is 3.51. The SMILES string of the molecule is O=C(NCC1(CBr)CCCC1)c1ccc(Br)c(O)c1. The standard InChI is InChI=1S/C14H17Br2NO2/c15-8-14(5-1-2-6-14)9-17-13(19)10-3-4-11(16)12(18)7-10/h3-4,7,18H,1-2,5-6,8-9H2,(H,17,19). The molecular weight excluding hydrogens is 374 g/mol. The number of alkyl halides is 1. The number of benzene rings is 1. The summed E-state index contributed by atoms with van der Waals surface area (Å²) in [5, 5.41) is 13.5. The molecule has 2 N–H and O–H groups in total. The van der Waals surface area contributed by atoms with Gasteiger partial charge in [0.25, 0.3) is 5.91 Å². The molecule has 1 aliphatic carbocycles. The molecule has 2 rings (SSSR count). The minimum atomic E-state index is -0.130. The topological polar surface area (TPSA) is 49.3 Å². The van der Waals surface area contributed by atoms with E-state index in [-0.39, 0.29) is 17.1 Å². The highest BCUT2D eigenvalue weighted by molar-refractivity contribution is 9.10. The zero-order valence-electron chi connectivity index (χ0n) is 10.6. The van der Waals surface area contributed by atoms with Gasteiger partial charge in [-0.1, -0.05) is 28.8 Å². The van der Waals surface area contributed by atoms with E-state index < -0.39 is 0 Å². The highest BCUT2D eigenvalue weighted by Gasteiger charge is 2.33. The van der Waals surface area contributed by atoms with Crippen LogP contribution in [0, 0.1) is 5.41 Å². The molecule has 0 aromatic heterocycles. The van der Waals surface area contributed by atoms with Crippen molar-refractivity contribution in [1.82, 2.24) is 5.32 Å². The zero-order chi connectivity index (χ0) is 13.9. The lowest BCUT2D eigenvalue weighted by Crippen LogP contribution is -2.37. The van der Waals surface area contributed by atoms with E-state index in [0.717, 1.165) is 18.2 Å². The van der Waals surface area contributed by atoms with E-state index in [9.17, 15) is 9.90 Å². The van der Waals surface area contributed by atoms with Crippen molar-refractivity contribution in [2.45, 2.75) is 25.7 Å². The second kappa shape index (κ2) is 6.27. The van der Waals surface area contributed by atoms with Crippen molar-refractivity contribution in [3.63, 3.8) is 0 Å². The third-order valence-electron chi connectivity index (χ3n) is 3.78. The molecular formula is C14H17Br2NO2. The Balaban J connectivity index is 1.99. The molecule has 1 aromatic rings.